The molecule has 0 unspecified atom stereocenters. The van der Waals surface area contributed by atoms with E-state index < -0.39 is 0 Å². The summed E-state index contributed by atoms with van der Waals surface area (Å²) in [6, 6.07) is 27.9. The minimum absolute atomic E-state index is 0.00181. The number of Topliss-reactive ketones (excluding diaryl/α,β-unsaturated/α-hetero) is 2. The van der Waals surface area contributed by atoms with Gasteiger partial charge in [0.05, 0.1) is 0 Å². The standard InChI is InChI=1S/C27H20ClNO2/c28-23-14-12-21(13-15-23)26(30)16-22-11-10-19-6-4-5-9-24(19)25(22)17-29-18-27(31)20-7-2-1-3-8-20/h1-15,17H,16,18H2. The molecule has 0 aliphatic heterocycles. The van der Waals surface area contributed by atoms with Crippen LogP contribution in [0.5, 0.6) is 0 Å². The molecule has 0 saturated carbocycles. The van der Waals surface area contributed by atoms with Gasteiger partial charge in [0.2, 0.25) is 0 Å². The van der Waals surface area contributed by atoms with Crippen LogP contribution in [0.15, 0.2) is 96.0 Å². The van der Waals surface area contributed by atoms with Gasteiger partial charge in [-0.3, -0.25) is 14.6 Å². The van der Waals surface area contributed by atoms with Gasteiger partial charge in [0.1, 0.15) is 6.54 Å². The SMILES string of the molecule is O=C(CN=Cc1c(CC(=O)c2ccc(Cl)cc2)ccc2ccccc12)c1ccccc1. The van der Waals surface area contributed by atoms with Gasteiger partial charge in [-0.1, -0.05) is 78.3 Å². The first-order valence-corrected chi connectivity index (χ1v) is 10.4. The van der Waals surface area contributed by atoms with E-state index >= 15 is 0 Å². The molecule has 0 atom stereocenters. The van der Waals surface area contributed by atoms with Gasteiger partial charge in [-0.25, -0.2) is 0 Å². The van der Waals surface area contributed by atoms with E-state index in [1.807, 2.05) is 54.6 Å². The van der Waals surface area contributed by atoms with Crippen LogP contribution >= 0.6 is 11.6 Å². The first-order valence-electron chi connectivity index (χ1n) is 9.99. The third-order valence-electron chi connectivity index (χ3n) is 5.13. The van der Waals surface area contributed by atoms with E-state index in [4.69, 9.17) is 11.6 Å². The number of carbonyl (C=O) groups excluding carboxylic acids is 2. The van der Waals surface area contributed by atoms with Crippen LogP contribution in [0.2, 0.25) is 5.02 Å². The van der Waals surface area contributed by atoms with Gasteiger partial charge in [-0.15, -0.1) is 0 Å². The number of halogens is 1. The summed E-state index contributed by atoms with van der Waals surface area (Å²) in [7, 11) is 0. The molecule has 0 fully saturated rings. The summed E-state index contributed by atoms with van der Waals surface area (Å²) in [4.78, 5) is 29.7. The lowest BCUT2D eigenvalue weighted by atomic mass is 9.94. The lowest BCUT2D eigenvalue weighted by molar-refractivity contribution is 0.0988. The van der Waals surface area contributed by atoms with Crippen molar-refractivity contribution in [1.82, 2.24) is 0 Å². The van der Waals surface area contributed by atoms with Crippen LogP contribution in [0.1, 0.15) is 31.8 Å². The van der Waals surface area contributed by atoms with Crippen molar-refractivity contribution in [2.45, 2.75) is 6.42 Å². The van der Waals surface area contributed by atoms with E-state index in [2.05, 4.69) is 4.99 Å². The Labute approximate surface area is 186 Å². The molecule has 0 aliphatic carbocycles. The second kappa shape index (κ2) is 9.50. The van der Waals surface area contributed by atoms with Crippen molar-refractivity contribution in [2.24, 2.45) is 4.99 Å². The van der Waals surface area contributed by atoms with Gasteiger partial charge in [0.15, 0.2) is 11.6 Å². The average Bonchev–Trinajstić information content (AvgIpc) is 2.81. The Kier molecular flexibility index (Phi) is 6.34. The van der Waals surface area contributed by atoms with Crippen LogP contribution in [0, 0.1) is 0 Å². The van der Waals surface area contributed by atoms with Gasteiger partial charge in [-0.2, -0.15) is 0 Å². The molecular formula is C27H20ClNO2. The van der Waals surface area contributed by atoms with E-state index in [9.17, 15) is 9.59 Å². The van der Waals surface area contributed by atoms with Gasteiger partial charge >= 0.3 is 0 Å². The van der Waals surface area contributed by atoms with Crippen molar-refractivity contribution in [3.8, 4) is 0 Å². The van der Waals surface area contributed by atoms with Crippen molar-refractivity contribution in [1.29, 1.82) is 0 Å². The zero-order valence-corrected chi connectivity index (χ0v) is 17.5. The maximum atomic E-state index is 12.8. The highest BCUT2D eigenvalue weighted by molar-refractivity contribution is 6.30. The summed E-state index contributed by atoms with van der Waals surface area (Å²) >= 11 is 5.94. The molecule has 3 nitrogen and oxygen atoms in total. The first-order chi connectivity index (χ1) is 15.1. The minimum atomic E-state index is -0.0455. The highest BCUT2D eigenvalue weighted by Gasteiger charge is 2.12. The second-order valence-corrected chi connectivity index (χ2v) is 7.66. The molecule has 4 heteroatoms. The van der Waals surface area contributed by atoms with Gasteiger partial charge < -0.3 is 0 Å². The summed E-state index contributed by atoms with van der Waals surface area (Å²) in [6.45, 7) is 0.0534. The largest absolute Gasteiger partial charge is 0.294 e. The van der Waals surface area contributed by atoms with Crippen LogP contribution in [0.25, 0.3) is 10.8 Å². The summed E-state index contributed by atoms with van der Waals surface area (Å²) in [6.07, 6.45) is 1.95. The van der Waals surface area contributed by atoms with E-state index in [0.29, 0.717) is 16.1 Å². The molecule has 31 heavy (non-hydrogen) atoms. The molecule has 152 valence electrons. The van der Waals surface area contributed by atoms with Gasteiger partial charge in [-0.05, 0) is 40.6 Å². The number of fused-ring (bicyclic) bond motifs is 1. The predicted molar refractivity (Wildman–Crippen MR) is 127 cm³/mol. The van der Waals surface area contributed by atoms with Crippen LogP contribution in [0.4, 0.5) is 0 Å². The molecule has 4 aromatic rings. The number of rotatable bonds is 7. The van der Waals surface area contributed by atoms with E-state index in [0.717, 1.165) is 21.9 Å². The highest BCUT2D eigenvalue weighted by atomic mass is 35.5. The highest BCUT2D eigenvalue weighted by Crippen LogP contribution is 2.23. The van der Waals surface area contributed by atoms with Crippen molar-refractivity contribution < 1.29 is 9.59 Å². The molecular weight excluding hydrogens is 406 g/mol. The summed E-state index contributed by atoms with van der Waals surface area (Å²) in [5.41, 5.74) is 2.98. The quantitative estimate of drug-likeness (QED) is 0.260. The summed E-state index contributed by atoms with van der Waals surface area (Å²) in [5.74, 6) is -0.0437. The summed E-state index contributed by atoms with van der Waals surface area (Å²) < 4.78 is 0. The summed E-state index contributed by atoms with van der Waals surface area (Å²) in [5, 5.41) is 2.65. The van der Waals surface area contributed by atoms with Crippen molar-refractivity contribution in [3.05, 3.63) is 118 Å². The van der Waals surface area contributed by atoms with Crippen molar-refractivity contribution in [2.75, 3.05) is 6.54 Å². The lowest BCUT2D eigenvalue weighted by Crippen LogP contribution is -2.07. The molecule has 0 saturated heterocycles. The second-order valence-electron chi connectivity index (χ2n) is 7.23. The monoisotopic (exact) mass is 425 g/mol. The molecule has 0 spiro atoms. The topological polar surface area (TPSA) is 46.5 Å². The average molecular weight is 426 g/mol. The van der Waals surface area contributed by atoms with Crippen molar-refractivity contribution >= 4 is 40.2 Å². The molecule has 0 radical (unpaired) electrons. The van der Waals surface area contributed by atoms with E-state index in [-0.39, 0.29) is 24.5 Å². The molecule has 4 rings (SSSR count). The number of carbonyl (C=O) groups is 2. The van der Waals surface area contributed by atoms with Crippen LogP contribution in [-0.4, -0.2) is 24.3 Å². The molecule has 0 aromatic heterocycles. The van der Waals surface area contributed by atoms with Crippen LogP contribution in [0.3, 0.4) is 0 Å². The maximum absolute atomic E-state index is 12.8. The molecule has 0 heterocycles. The molecule has 0 aliphatic rings. The fraction of sp³-hybridized carbons (Fsp3) is 0.0741. The fourth-order valence-electron chi connectivity index (χ4n) is 3.49. The molecule has 0 N–H and O–H groups in total. The zero-order valence-electron chi connectivity index (χ0n) is 16.8. The number of ketones is 2. The van der Waals surface area contributed by atoms with E-state index in [1.54, 1.807) is 42.6 Å². The number of aliphatic imine (C=N–C) groups is 1. The fourth-order valence-corrected chi connectivity index (χ4v) is 3.62. The predicted octanol–water partition coefficient (Wildman–Crippen LogP) is 6.22. The Bertz CT molecular complexity index is 1260. The van der Waals surface area contributed by atoms with Gasteiger partial charge in [0, 0.05) is 34.3 Å². The number of nitrogens with zero attached hydrogens (tertiary/aromatic N) is 1. The smallest absolute Gasteiger partial charge is 0.184 e. The number of hydrogen-bond acceptors (Lipinski definition) is 3. The third-order valence-corrected chi connectivity index (χ3v) is 5.38. The maximum Gasteiger partial charge on any atom is 0.184 e. The number of hydrogen-bond donors (Lipinski definition) is 0. The lowest BCUT2D eigenvalue weighted by Gasteiger charge is -2.10. The van der Waals surface area contributed by atoms with Crippen LogP contribution in [-0.2, 0) is 6.42 Å². The third kappa shape index (κ3) is 4.96. The van der Waals surface area contributed by atoms with Gasteiger partial charge in [0.25, 0.3) is 0 Å². The Morgan fingerprint density at radius 1 is 0.742 bits per heavy atom. The number of benzene rings is 4. The van der Waals surface area contributed by atoms with E-state index in [1.165, 1.54) is 0 Å². The Balaban J connectivity index is 1.63. The zero-order chi connectivity index (χ0) is 21.6. The Hall–Kier alpha value is -3.56. The van der Waals surface area contributed by atoms with Crippen LogP contribution < -0.4 is 0 Å². The van der Waals surface area contributed by atoms with Crippen molar-refractivity contribution in [3.63, 3.8) is 0 Å². The minimum Gasteiger partial charge on any atom is -0.294 e. The normalized spacial score (nSPS) is 11.1. The Morgan fingerprint density at radius 2 is 1.42 bits per heavy atom. The first kappa shape index (κ1) is 20.7. The molecule has 0 bridgehead atoms. The molecule has 4 aromatic carbocycles. The Morgan fingerprint density at radius 3 is 2.19 bits per heavy atom. The molecule has 0 amide bonds.